The molecular formula is C9H8F5NO3. The van der Waals surface area contributed by atoms with Gasteiger partial charge >= 0.3 is 6.36 Å². The average Bonchev–Trinajstić information content (AvgIpc) is 2.26. The second kappa shape index (κ2) is 5.34. The monoisotopic (exact) mass is 273 g/mol. The Hall–Kier alpha value is -1.64. The third-order valence-corrected chi connectivity index (χ3v) is 1.82. The van der Waals surface area contributed by atoms with Crippen LogP contribution in [0.3, 0.4) is 0 Å². The van der Waals surface area contributed by atoms with Crippen LogP contribution in [0.5, 0.6) is 11.5 Å². The third kappa shape index (κ3) is 3.42. The number of aliphatic hydroxyl groups excluding tert-OH is 1. The van der Waals surface area contributed by atoms with Gasteiger partial charge in [0, 0.05) is 6.07 Å². The van der Waals surface area contributed by atoms with Gasteiger partial charge < -0.3 is 14.6 Å². The summed E-state index contributed by atoms with van der Waals surface area (Å²) in [6.07, 6.45) is -8.46. The van der Waals surface area contributed by atoms with E-state index in [1.54, 1.807) is 0 Å². The van der Waals surface area contributed by atoms with Crippen molar-refractivity contribution in [3.05, 3.63) is 17.5 Å². The molecule has 0 amide bonds. The maximum absolute atomic E-state index is 12.6. The third-order valence-electron chi connectivity index (χ3n) is 1.82. The number of aromatic nitrogens is 1. The molecule has 0 atom stereocenters. The Balaban J connectivity index is 3.35. The maximum Gasteiger partial charge on any atom is 0.573 e. The SMILES string of the molecule is COc1cc(CO)nc(C(F)F)c1OC(F)(F)F. The van der Waals surface area contributed by atoms with Crippen LogP contribution in [0.2, 0.25) is 0 Å². The molecule has 0 aliphatic heterocycles. The molecular weight excluding hydrogens is 265 g/mol. The van der Waals surface area contributed by atoms with E-state index in [0.717, 1.165) is 13.2 Å². The van der Waals surface area contributed by atoms with Gasteiger partial charge in [0.2, 0.25) is 0 Å². The van der Waals surface area contributed by atoms with Gasteiger partial charge in [-0.2, -0.15) is 0 Å². The summed E-state index contributed by atoms with van der Waals surface area (Å²) >= 11 is 0. The standard InChI is InChI=1S/C9H8F5NO3/c1-17-5-2-4(3-16)15-6(8(10)11)7(5)18-9(12,13)14/h2,8,16H,3H2,1H3. The molecule has 1 aromatic rings. The van der Waals surface area contributed by atoms with Crippen molar-refractivity contribution in [3.8, 4) is 11.5 Å². The van der Waals surface area contributed by atoms with E-state index in [2.05, 4.69) is 14.5 Å². The molecule has 0 aliphatic rings. The van der Waals surface area contributed by atoms with Crippen molar-refractivity contribution in [2.24, 2.45) is 0 Å². The normalized spacial score (nSPS) is 11.8. The highest BCUT2D eigenvalue weighted by molar-refractivity contribution is 5.45. The van der Waals surface area contributed by atoms with E-state index in [4.69, 9.17) is 5.11 Å². The van der Waals surface area contributed by atoms with E-state index in [1.807, 2.05) is 0 Å². The van der Waals surface area contributed by atoms with Gasteiger partial charge in [0.05, 0.1) is 19.4 Å². The molecule has 0 fully saturated rings. The number of nitrogens with zero attached hydrogens (tertiary/aromatic N) is 1. The fraction of sp³-hybridized carbons (Fsp3) is 0.444. The summed E-state index contributed by atoms with van der Waals surface area (Å²) in [6.45, 7) is -0.720. The molecule has 1 rings (SSSR count). The van der Waals surface area contributed by atoms with Gasteiger partial charge in [0.25, 0.3) is 6.43 Å². The number of ether oxygens (including phenoxy) is 2. The molecule has 0 saturated carbocycles. The summed E-state index contributed by atoms with van der Waals surface area (Å²) in [7, 11) is 0.981. The molecule has 0 bridgehead atoms. The van der Waals surface area contributed by atoms with Crippen LogP contribution in [-0.2, 0) is 6.61 Å². The molecule has 1 aromatic heterocycles. The van der Waals surface area contributed by atoms with Crippen molar-refractivity contribution < 1.29 is 36.5 Å². The molecule has 0 radical (unpaired) electrons. The van der Waals surface area contributed by atoms with Crippen molar-refractivity contribution >= 4 is 0 Å². The lowest BCUT2D eigenvalue weighted by atomic mass is 10.2. The number of rotatable bonds is 4. The largest absolute Gasteiger partial charge is 0.573 e. The zero-order chi connectivity index (χ0) is 13.9. The second-order valence-corrected chi connectivity index (χ2v) is 3.04. The van der Waals surface area contributed by atoms with Gasteiger partial charge in [-0.15, -0.1) is 13.2 Å². The molecule has 0 aliphatic carbocycles. The lowest BCUT2D eigenvalue weighted by Crippen LogP contribution is -2.19. The molecule has 0 unspecified atom stereocenters. The Bertz CT molecular complexity index is 421. The molecule has 102 valence electrons. The summed E-state index contributed by atoms with van der Waals surface area (Å²) in [5.74, 6) is -1.79. The van der Waals surface area contributed by atoms with Gasteiger partial charge in [-0.1, -0.05) is 0 Å². The van der Waals surface area contributed by atoms with Gasteiger partial charge in [0.15, 0.2) is 17.2 Å². The van der Waals surface area contributed by atoms with Crippen molar-refractivity contribution in [1.82, 2.24) is 4.98 Å². The smallest absolute Gasteiger partial charge is 0.493 e. The van der Waals surface area contributed by atoms with Crippen LogP contribution in [0.4, 0.5) is 22.0 Å². The fourth-order valence-electron chi connectivity index (χ4n) is 1.18. The van der Waals surface area contributed by atoms with Crippen molar-refractivity contribution in [2.75, 3.05) is 7.11 Å². The van der Waals surface area contributed by atoms with Crippen molar-refractivity contribution in [2.45, 2.75) is 19.4 Å². The minimum atomic E-state index is -5.15. The number of halogens is 5. The first-order valence-corrected chi connectivity index (χ1v) is 4.51. The Morgan fingerprint density at radius 2 is 2.00 bits per heavy atom. The number of methoxy groups -OCH3 is 1. The molecule has 0 spiro atoms. The van der Waals surface area contributed by atoms with Crippen molar-refractivity contribution in [3.63, 3.8) is 0 Å². The van der Waals surface area contributed by atoms with Crippen LogP contribution in [0.15, 0.2) is 6.07 Å². The van der Waals surface area contributed by atoms with E-state index < -0.39 is 36.6 Å². The highest BCUT2D eigenvalue weighted by Gasteiger charge is 2.36. The van der Waals surface area contributed by atoms with Crippen LogP contribution < -0.4 is 9.47 Å². The van der Waals surface area contributed by atoms with Crippen LogP contribution in [0, 0.1) is 0 Å². The van der Waals surface area contributed by atoms with Crippen LogP contribution in [0.25, 0.3) is 0 Å². The first-order chi connectivity index (χ1) is 8.28. The predicted molar refractivity (Wildman–Crippen MR) is 48.4 cm³/mol. The molecule has 1 N–H and O–H groups in total. The Morgan fingerprint density at radius 3 is 2.39 bits per heavy atom. The zero-order valence-electron chi connectivity index (χ0n) is 8.96. The predicted octanol–water partition coefficient (Wildman–Crippen LogP) is 2.42. The Labute approximate surface area is 98.0 Å². The first-order valence-electron chi connectivity index (χ1n) is 4.51. The summed E-state index contributed by atoms with van der Waals surface area (Å²) < 4.78 is 69.4. The lowest BCUT2D eigenvalue weighted by molar-refractivity contribution is -0.275. The van der Waals surface area contributed by atoms with Crippen molar-refractivity contribution in [1.29, 1.82) is 0 Å². The zero-order valence-corrected chi connectivity index (χ0v) is 8.96. The molecule has 0 aromatic carbocycles. The average molecular weight is 273 g/mol. The Morgan fingerprint density at radius 1 is 1.39 bits per heavy atom. The number of pyridine rings is 1. The van der Waals surface area contributed by atoms with Gasteiger partial charge in [-0.05, 0) is 0 Å². The topological polar surface area (TPSA) is 51.6 Å². The number of hydrogen-bond acceptors (Lipinski definition) is 4. The van der Waals surface area contributed by atoms with Gasteiger partial charge in [0.1, 0.15) is 0 Å². The molecule has 18 heavy (non-hydrogen) atoms. The molecule has 4 nitrogen and oxygen atoms in total. The summed E-state index contributed by atoms with van der Waals surface area (Å²) in [5, 5.41) is 8.76. The number of alkyl halides is 5. The number of hydrogen-bond donors (Lipinski definition) is 1. The van der Waals surface area contributed by atoms with E-state index in [9.17, 15) is 22.0 Å². The van der Waals surface area contributed by atoms with E-state index in [1.165, 1.54) is 0 Å². The van der Waals surface area contributed by atoms with E-state index in [0.29, 0.717) is 0 Å². The highest BCUT2D eigenvalue weighted by atomic mass is 19.4. The van der Waals surface area contributed by atoms with Crippen LogP contribution >= 0.6 is 0 Å². The molecule has 9 heteroatoms. The van der Waals surface area contributed by atoms with Crippen LogP contribution in [-0.4, -0.2) is 23.6 Å². The minimum absolute atomic E-state index is 0.253. The fourth-order valence-corrected chi connectivity index (χ4v) is 1.18. The van der Waals surface area contributed by atoms with E-state index >= 15 is 0 Å². The van der Waals surface area contributed by atoms with E-state index in [-0.39, 0.29) is 5.69 Å². The summed E-state index contributed by atoms with van der Waals surface area (Å²) in [5.41, 5.74) is -1.49. The Kier molecular flexibility index (Phi) is 4.28. The van der Waals surface area contributed by atoms with Gasteiger partial charge in [-0.25, -0.2) is 13.8 Å². The quantitative estimate of drug-likeness (QED) is 0.856. The van der Waals surface area contributed by atoms with Crippen LogP contribution in [0.1, 0.15) is 17.8 Å². The number of aliphatic hydroxyl groups is 1. The lowest BCUT2D eigenvalue weighted by Gasteiger charge is -2.16. The summed E-state index contributed by atoms with van der Waals surface area (Å²) in [4.78, 5) is 3.18. The second-order valence-electron chi connectivity index (χ2n) is 3.04. The van der Waals surface area contributed by atoms with Gasteiger partial charge in [-0.3, -0.25) is 0 Å². The molecule has 1 heterocycles. The maximum atomic E-state index is 12.6. The summed E-state index contributed by atoms with van der Waals surface area (Å²) in [6, 6.07) is 0.882. The minimum Gasteiger partial charge on any atom is -0.493 e. The highest BCUT2D eigenvalue weighted by Crippen LogP contribution is 2.39. The first kappa shape index (κ1) is 14.4. The molecule has 0 saturated heterocycles.